The number of morpholine rings is 1. The van der Waals surface area contributed by atoms with Gasteiger partial charge in [-0.1, -0.05) is 0 Å². The van der Waals surface area contributed by atoms with Crippen LogP contribution in [-0.2, 0) is 11.3 Å². The molecule has 2 rings (SSSR count). The van der Waals surface area contributed by atoms with Crippen LogP contribution in [0.4, 0.5) is 0 Å². The molecule has 2 N–H and O–H groups in total. The van der Waals surface area contributed by atoms with Crippen molar-refractivity contribution < 1.29 is 4.74 Å². The lowest BCUT2D eigenvalue weighted by atomic mass is 10.1. The molecule has 17 heavy (non-hydrogen) atoms. The standard InChI is InChI=1S/C13H22N2OS/c1-10-3-6-17-13(10)8-15-11(2)7-12-9-16-5-4-14-12/h3,6,11-12,14-15H,4-5,7-9H2,1-2H3. The number of nitrogens with one attached hydrogen (secondary N) is 2. The normalized spacial score (nSPS) is 22.6. The summed E-state index contributed by atoms with van der Waals surface area (Å²) >= 11 is 1.83. The third kappa shape index (κ3) is 4.07. The Morgan fingerprint density at radius 2 is 2.53 bits per heavy atom. The molecule has 2 heterocycles. The third-order valence-corrected chi connectivity index (χ3v) is 4.24. The van der Waals surface area contributed by atoms with E-state index in [0.29, 0.717) is 12.1 Å². The SMILES string of the molecule is Cc1ccsc1CNC(C)CC1COCCN1. The predicted octanol–water partition coefficient (Wildman–Crippen LogP) is 1.91. The van der Waals surface area contributed by atoms with Crippen molar-refractivity contribution in [2.75, 3.05) is 19.8 Å². The van der Waals surface area contributed by atoms with Crippen LogP contribution in [0.25, 0.3) is 0 Å². The van der Waals surface area contributed by atoms with Crippen molar-refractivity contribution in [2.24, 2.45) is 0 Å². The largest absolute Gasteiger partial charge is 0.379 e. The van der Waals surface area contributed by atoms with E-state index in [2.05, 4.69) is 35.9 Å². The maximum Gasteiger partial charge on any atom is 0.0620 e. The molecule has 1 aliphatic heterocycles. The van der Waals surface area contributed by atoms with Gasteiger partial charge in [0.05, 0.1) is 13.2 Å². The van der Waals surface area contributed by atoms with Crippen molar-refractivity contribution >= 4 is 11.3 Å². The van der Waals surface area contributed by atoms with Crippen LogP contribution in [-0.4, -0.2) is 31.8 Å². The van der Waals surface area contributed by atoms with Crippen LogP contribution >= 0.6 is 11.3 Å². The van der Waals surface area contributed by atoms with Gasteiger partial charge in [0.25, 0.3) is 0 Å². The summed E-state index contributed by atoms with van der Waals surface area (Å²) in [6.07, 6.45) is 1.13. The second kappa shape index (κ2) is 6.50. The van der Waals surface area contributed by atoms with Crippen LogP contribution in [0.1, 0.15) is 23.8 Å². The van der Waals surface area contributed by atoms with Gasteiger partial charge in [-0.25, -0.2) is 0 Å². The van der Waals surface area contributed by atoms with E-state index in [0.717, 1.165) is 32.7 Å². The lowest BCUT2D eigenvalue weighted by Gasteiger charge is -2.26. The molecule has 1 aromatic heterocycles. The average Bonchev–Trinajstić information content (AvgIpc) is 2.74. The highest BCUT2D eigenvalue weighted by molar-refractivity contribution is 7.10. The maximum atomic E-state index is 5.46. The van der Waals surface area contributed by atoms with E-state index in [4.69, 9.17) is 4.74 Å². The topological polar surface area (TPSA) is 33.3 Å². The van der Waals surface area contributed by atoms with Crippen LogP contribution in [0.15, 0.2) is 11.4 Å². The van der Waals surface area contributed by atoms with E-state index < -0.39 is 0 Å². The second-order valence-electron chi connectivity index (χ2n) is 4.77. The highest BCUT2D eigenvalue weighted by atomic mass is 32.1. The van der Waals surface area contributed by atoms with Gasteiger partial charge in [-0.05, 0) is 37.3 Å². The summed E-state index contributed by atoms with van der Waals surface area (Å²) in [5, 5.41) is 9.24. The van der Waals surface area contributed by atoms with Crippen molar-refractivity contribution in [3.8, 4) is 0 Å². The number of aryl methyl sites for hydroxylation is 1. The minimum Gasteiger partial charge on any atom is -0.379 e. The van der Waals surface area contributed by atoms with E-state index in [1.165, 1.54) is 10.4 Å². The second-order valence-corrected chi connectivity index (χ2v) is 5.77. The first kappa shape index (κ1) is 13.0. The van der Waals surface area contributed by atoms with Gasteiger partial charge in [0.2, 0.25) is 0 Å². The van der Waals surface area contributed by atoms with E-state index in [9.17, 15) is 0 Å². The zero-order valence-corrected chi connectivity index (χ0v) is 11.5. The van der Waals surface area contributed by atoms with E-state index in [-0.39, 0.29) is 0 Å². The zero-order valence-electron chi connectivity index (χ0n) is 10.7. The first-order chi connectivity index (χ1) is 8.25. The molecule has 1 aromatic rings. The summed E-state index contributed by atoms with van der Waals surface area (Å²) in [6.45, 7) is 8.10. The van der Waals surface area contributed by atoms with Crippen LogP contribution in [0.2, 0.25) is 0 Å². The molecule has 0 aromatic carbocycles. The van der Waals surface area contributed by atoms with Gasteiger partial charge in [0.15, 0.2) is 0 Å². The molecule has 1 aliphatic rings. The molecular weight excluding hydrogens is 232 g/mol. The van der Waals surface area contributed by atoms with Crippen LogP contribution in [0.3, 0.4) is 0 Å². The van der Waals surface area contributed by atoms with Gasteiger partial charge in [-0.15, -0.1) is 11.3 Å². The van der Waals surface area contributed by atoms with Crippen LogP contribution < -0.4 is 10.6 Å². The van der Waals surface area contributed by atoms with Crippen molar-refractivity contribution in [3.63, 3.8) is 0 Å². The quantitative estimate of drug-likeness (QED) is 0.842. The Kier molecular flexibility index (Phi) is 4.98. The number of rotatable bonds is 5. The van der Waals surface area contributed by atoms with Gasteiger partial charge in [-0.2, -0.15) is 0 Å². The average molecular weight is 254 g/mol. The Labute approximate surface area is 108 Å². The first-order valence-electron chi connectivity index (χ1n) is 6.33. The molecule has 96 valence electrons. The lowest BCUT2D eigenvalue weighted by molar-refractivity contribution is 0.0712. The highest BCUT2D eigenvalue weighted by Gasteiger charge is 2.16. The van der Waals surface area contributed by atoms with Gasteiger partial charge in [-0.3, -0.25) is 0 Å². The molecule has 0 radical (unpaired) electrons. The van der Waals surface area contributed by atoms with E-state index >= 15 is 0 Å². The lowest BCUT2D eigenvalue weighted by Crippen LogP contribution is -2.44. The predicted molar refractivity (Wildman–Crippen MR) is 72.6 cm³/mol. The molecular formula is C13H22N2OS. The summed E-state index contributed by atoms with van der Waals surface area (Å²) in [5.41, 5.74) is 1.40. The maximum absolute atomic E-state index is 5.46. The zero-order chi connectivity index (χ0) is 12.1. The Bertz CT molecular complexity index is 334. The fraction of sp³-hybridized carbons (Fsp3) is 0.692. The molecule has 2 atom stereocenters. The number of hydrogen-bond donors (Lipinski definition) is 2. The molecule has 0 saturated carbocycles. The summed E-state index contributed by atoms with van der Waals surface area (Å²) in [5.74, 6) is 0. The van der Waals surface area contributed by atoms with Crippen molar-refractivity contribution in [1.82, 2.24) is 10.6 Å². The molecule has 1 saturated heterocycles. The van der Waals surface area contributed by atoms with Crippen molar-refractivity contribution in [2.45, 2.75) is 38.9 Å². The molecule has 3 nitrogen and oxygen atoms in total. The molecule has 0 amide bonds. The molecule has 0 spiro atoms. The Morgan fingerprint density at radius 3 is 3.18 bits per heavy atom. The summed E-state index contributed by atoms with van der Waals surface area (Å²) in [4.78, 5) is 1.45. The Hall–Kier alpha value is -0.420. The Morgan fingerprint density at radius 1 is 1.65 bits per heavy atom. The number of ether oxygens (including phenoxy) is 1. The van der Waals surface area contributed by atoms with E-state index in [1.54, 1.807) is 0 Å². The summed E-state index contributed by atoms with van der Waals surface area (Å²) in [7, 11) is 0. The van der Waals surface area contributed by atoms with Crippen molar-refractivity contribution in [3.05, 3.63) is 21.9 Å². The molecule has 0 aliphatic carbocycles. The van der Waals surface area contributed by atoms with Crippen LogP contribution in [0.5, 0.6) is 0 Å². The van der Waals surface area contributed by atoms with Gasteiger partial charge in [0, 0.05) is 30.1 Å². The van der Waals surface area contributed by atoms with Gasteiger partial charge in [0.1, 0.15) is 0 Å². The summed E-state index contributed by atoms with van der Waals surface area (Å²) < 4.78 is 5.46. The fourth-order valence-corrected chi connectivity index (χ4v) is 2.99. The van der Waals surface area contributed by atoms with Gasteiger partial charge >= 0.3 is 0 Å². The molecule has 1 fully saturated rings. The number of thiophene rings is 1. The van der Waals surface area contributed by atoms with Gasteiger partial charge < -0.3 is 15.4 Å². The Balaban J connectivity index is 1.70. The molecule has 0 bridgehead atoms. The fourth-order valence-electron chi connectivity index (χ4n) is 2.13. The first-order valence-corrected chi connectivity index (χ1v) is 7.21. The minimum absolute atomic E-state index is 0.510. The van der Waals surface area contributed by atoms with Crippen molar-refractivity contribution in [1.29, 1.82) is 0 Å². The smallest absolute Gasteiger partial charge is 0.0620 e. The summed E-state index contributed by atoms with van der Waals surface area (Å²) in [6, 6.07) is 3.22. The third-order valence-electron chi connectivity index (χ3n) is 3.22. The molecule has 4 heteroatoms. The van der Waals surface area contributed by atoms with E-state index in [1.807, 2.05) is 11.3 Å². The monoisotopic (exact) mass is 254 g/mol. The highest BCUT2D eigenvalue weighted by Crippen LogP contribution is 2.15. The number of hydrogen-bond acceptors (Lipinski definition) is 4. The van der Waals surface area contributed by atoms with Crippen LogP contribution in [0, 0.1) is 6.92 Å². The molecule has 2 unspecified atom stereocenters. The minimum atomic E-state index is 0.510.